The largest absolute Gasteiger partial charge is 0.502 e. The number of hydrogen-bond donors (Lipinski definition) is 4. The first-order chi connectivity index (χ1) is 13.8. The van der Waals surface area contributed by atoms with E-state index in [9.17, 15) is 23.9 Å². The fourth-order valence-electron chi connectivity index (χ4n) is 2.86. The molecule has 2 aromatic rings. The number of aromatic nitrogens is 1. The van der Waals surface area contributed by atoms with Crippen molar-refractivity contribution in [3.63, 3.8) is 0 Å². The summed E-state index contributed by atoms with van der Waals surface area (Å²) in [4.78, 5) is 38.8. The smallest absolute Gasteiger partial charge is 0.277 e. The van der Waals surface area contributed by atoms with Gasteiger partial charge in [0.15, 0.2) is 11.4 Å². The Labute approximate surface area is 170 Å². The number of carbonyl (C=O) groups excluding carboxylic acids is 2. The number of nitrogens with zero attached hydrogens (tertiary/aromatic N) is 2. The lowest BCUT2D eigenvalue weighted by atomic mass is 10.1. The van der Waals surface area contributed by atoms with Crippen molar-refractivity contribution in [2.45, 2.75) is 6.54 Å². The zero-order valence-corrected chi connectivity index (χ0v) is 16.2. The standard InChI is InChI=1S/C18H19ClFN5O4/c1-21-5-6-24-9-23-25-8-11(15(26)16(27)14(25)18(24)29)17(28)22-7-10-3-2-4-12(19)13(10)20/h2-4,8,21,23,27H,5-7,9H2,1H3,(H,22,28). The molecule has 0 saturated heterocycles. The number of likely N-dealkylation sites (N-methyl/N-ethyl adjacent to an activating group) is 1. The second-order valence-corrected chi connectivity index (χ2v) is 6.73. The van der Waals surface area contributed by atoms with Gasteiger partial charge in [-0.25, -0.2) is 4.39 Å². The van der Waals surface area contributed by atoms with Gasteiger partial charge in [0.1, 0.15) is 18.0 Å². The van der Waals surface area contributed by atoms with Crippen molar-refractivity contribution in [2.75, 3.05) is 32.2 Å². The molecule has 1 aliphatic heterocycles. The van der Waals surface area contributed by atoms with Crippen LogP contribution in [0.3, 0.4) is 0 Å². The number of halogens is 2. The third-order valence-corrected chi connectivity index (χ3v) is 4.74. The zero-order chi connectivity index (χ0) is 21.1. The predicted molar refractivity (Wildman–Crippen MR) is 104 cm³/mol. The van der Waals surface area contributed by atoms with Gasteiger partial charge >= 0.3 is 0 Å². The minimum Gasteiger partial charge on any atom is -0.502 e. The minimum atomic E-state index is -0.995. The van der Waals surface area contributed by atoms with E-state index >= 15 is 0 Å². The predicted octanol–water partition coefficient (Wildman–Crippen LogP) is 0.453. The third kappa shape index (κ3) is 4.03. The topological polar surface area (TPSA) is 116 Å². The lowest BCUT2D eigenvalue weighted by molar-refractivity contribution is 0.0723. The molecule has 1 aliphatic rings. The van der Waals surface area contributed by atoms with E-state index in [0.717, 1.165) is 10.9 Å². The van der Waals surface area contributed by atoms with Crippen molar-refractivity contribution in [1.82, 2.24) is 20.2 Å². The number of fused-ring (bicyclic) bond motifs is 1. The average molecular weight is 424 g/mol. The molecule has 0 spiro atoms. The minimum absolute atomic E-state index is 0.0891. The molecule has 0 atom stereocenters. The van der Waals surface area contributed by atoms with E-state index in [1.54, 1.807) is 7.05 Å². The van der Waals surface area contributed by atoms with Crippen LogP contribution in [0.25, 0.3) is 0 Å². The molecular weight excluding hydrogens is 405 g/mol. The Morgan fingerprint density at radius 3 is 2.86 bits per heavy atom. The molecule has 154 valence electrons. The molecule has 0 radical (unpaired) electrons. The van der Waals surface area contributed by atoms with Crippen LogP contribution in [0.4, 0.5) is 4.39 Å². The van der Waals surface area contributed by atoms with E-state index in [1.807, 2.05) is 0 Å². The summed E-state index contributed by atoms with van der Waals surface area (Å²) in [7, 11) is 1.73. The van der Waals surface area contributed by atoms with Crippen molar-refractivity contribution in [1.29, 1.82) is 0 Å². The Morgan fingerprint density at radius 1 is 1.38 bits per heavy atom. The molecule has 2 heterocycles. The highest BCUT2D eigenvalue weighted by molar-refractivity contribution is 6.30. The summed E-state index contributed by atoms with van der Waals surface area (Å²) in [6.07, 6.45) is 1.13. The number of nitrogens with one attached hydrogen (secondary N) is 3. The first kappa shape index (κ1) is 20.6. The summed E-state index contributed by atoms with van der Waals surface area (Å²) in [6.45, 7) is 0.810. The lowest BCUT2D eigenvalue weighted by Gasteiger charge is -2.31. The molecule has 11 heteroatoms. The van der Waals surface area contributed by atoms with Crippen molar-refractivity contribution in [3.05, 3.63) is 62.3 Å². The molecule has 29 heavy (non-hydrogen) atoms. The van der Waals surface area contributed by atoms with E-state index in [1.165, 1.54) is 23.1 Å². The Balaban J connectivity index is 1.84. The quantitative estimate of drug-likeness (QED) is 0.536. The molecule has 0 unspecified atom stereocenters. The summed E-state index contributed by atoms with van der Waals surface area (Å²) in [5, 5.41) is 15.5. The maximum atomic E-state index is 13.9. The van der Waals surface area contributed by atoms with Gasteiger partial charge in [0.05, 0.1) is 5.02 Å². The number of carbonyl (C=O) groups is 2. The summed E-state index contributed by atoms with van der Waals surface area (Å²) in [5.41, 5.74) is 1.34. The van der Waals surface area contributed by atoms with Crippen LogP contribution in [0.2, 0.25) is 5.02 Å². The van der Waals surface area contributed by atoms with Crippen LogP contribution in [0.5, 0.6) is 5.75 Å². The first-order valence-corrected chi connectivity index (χ1v) is 9.10. The fraction of sp³-hybridized carbons (Fsp3) is 0.278. The number of hydrogen-bond acceptors (Lipinski definition) is 6. The third-order valence-electron chi connectivity index (χ3n) is 4.45. The van der Waals surface area contributed by atoms with E-state index < -0.39 is 34.4 Å². The number of aromatic hydroxyl groups is 1. The van der Waals surface area contributed by atoms with Crippen molar-refractivity contribution < 1.29 is 19.1 Å². The van der Waals surface area contributed by atoms with Crippen LogP contribution in [-0.2, 0) is 6.54 Å². The Hall–Kier alpha value is -3.11. The summed E-state index contributed by atoms with van der Waals surface area (Å²) in [5.74, 6) is -2.87. The van der Waals surface area contributed by atoms with Gasteiger partial charge in [-0.15, -0.1) is 0 Å². The Bertz CT molecular complexity index is 1030. The van der Waals surface area contributed by atoms with E-state index in [0.29, 0.717) is 13.1 Å². The van der Waals surface area contributed by atoms with Crippen molar-refractivity contribution in [2.24, 2.45) is 0 Å². The summed E-state index contributed by atoms with van der Waals surface area (Å²) in [6, 6.07) is 4.35. The van der Waals surface area contributed by atoms with E-state index in [4.69, 9.17) is 11.6 Å². The maximum Gasteiger partial charge on any atom is 0.277 e. The summed E-state index contributed by atoms with van der Waals surface area (Å²) >= 11 is 5.71. The molecule has 4 N–H and O–H groups in total. The van der Waals surface area contributed by atoms with Crippen molar-refractivity contribution in [3.8, 4) is 5.75 Å². The van der Waals surface area contributed by atoms with Crippen LogP contribution in [0, 0.1) is 5.82 Å². The Morgan fingerprint density at radius 2 is 2.14 bits per heavy atom. The molecule has 2 amide bonds. The second kappa shape index (κ2) is 8.50. The van der Waals surface area contributed by atoms with Gasteiger partial charge in [-0.3, -0.25) is 19.1 Å². The van der Waals surface area contributed by atoms with Gasteiger partial charge in [0.25, 0.3) is 11.8 Å². The van der Waals surface area contributed by atoms with Gasteiger partial charge in [0, 0.05) is 31.4 Å². The molecule has 1 aromatic carbocycles. The molecule has 0 aliphatic carbocycles. The highest BCUT2D eigenvalue weighted by Gasteiger charge is 2.30. The number of benzene rings is 1. The molecule has 0 bridgehead atoms. The monoisotopic (exact) mass is 423 g/mol. The van der Waals surface area contributed by atoms with Crippen LogP contribution < -0.4 is 21.5 Å². The van der Waals surface area contributed by atoms with E-state index in [2.05, 4.69) is 16.1 Å². The van der Waals surface area contributed by atoms with Gasteiger partial charge in [0.2, 0.25) is 5.43 Å². The normalized spacial score (nSPS) is 13.1. The van der Waals surface area contributed by atoms with Gasteiger partial charge in [-0.05, 0) is 13.1 Å². The molecule has 9 nitrogen and oxygen atoms in total. The van der Waals surface area contributed by atoms with E-state index in [-0.39, 0.29) is 29.5 Å². The van der Waals surface area contributed by atoms with Gasteiger partial charge < -0.3 is 26.1 Å². The Kier molecular flexibility index (Phi) is 6.04. The van der Waals surface area contributed by atoms with Crippen LogP contribution in [-0.4, -0.2) is 53.3 Å². The second-order valence-electron chi connectivity index (χ2n) is 6.32. The van der Waals surface area contributed by atoms with Crippen LogP contribution in [0.15, 0.2) is 29.2 Å². The fourth-order valence-corrected chi connectivity index (χ4v) is 3.05. The van der Waals surface area contributed by atoms with Crippen LogP contribution in [0.1, 0.15) is 26.4 Å². The summed E-state index contributed by atoms with van der Waals surface area (Å²) < 4.78 is 15.1. The first-order valence-electron chi connectivity index (χ1n) is 8.72. The van der Waals surface area contributed by atoms with Gasteiger partial charge in [-0.2, -0.15) is 0 Å². The average Bonchev–Trinajstić information content (AvgIpc) is 2.70. The molecular formula is C18H19ClFN5O4. The zero-order valence-electron chi connectivity index (χ0n) is 15.5. The molecule has 0 saturated carbocycles. The molecule has 0 fully saturated rings. The van der Waals surface area contributed by atoms with Crippen molar-refractivity contribution >= 4 is 23.4 Å². The highest BCUT2D eigenvalue weighted by Crippen LogP contribution is 2.19. The number of amides is 2. The lowest BCUT2D eigenvalue weighted by Crippen LogP contribution is -2.48. The van der Waals surface area contributed by atoms with Gasteiger partial charge in [-0.1, -0.05) is 23.7 Å². The maximum absolute atomic E-state index is 13.9. The number of pyridine rings is 1. The molecule has 1 aromatic heterocycles. The SMILES string of the molecule is CNCCN1CNn2cc(C(=O)NCc3cccc(Cl)c3F)c(=O)c(O)c2C1=O. The molecule has 3 rings (SSSR count). The number of rotatable bonds is 6. The van der Waals surface area contributed by atoms with Crippen LogP contribution >= 0.6 is 11.6 Å². The highest BCUT2D eigenvalue weighted by atomic mass is 35.5.